The minimum Gasteiger partial charge on any atom is -0.491 e. The highest BCUT2D eigenvalue weighted by molar-refractivity contribution is 5.85. The summed E-state index contributed by atoms with van der Waals surface area (Å²) in [5.74, 6) is 0.0296. The quantitative estimate of drug-likeness (QED) is 0.592. The Hall–Kier alpha value is -1.55. The molecule has 1 fully saturated rings. The van der Waals surface area contributed by atoms with Gasteiger partial charge in [-0.15, -0.1) is 12.4 Å². The highest BCUT2D eigenvalue weighted by atomic mass is 35.5. The van der Waals surface area contributed by atoms with Gasteiger partial charge in [0.15, 0.2) is 0 Å². The molecule has 160 valence electrons. The van der Waals surface area contributed by atoms with Crippen LogP contribution in [0.4, 0.5) is 13.2 Å². The number of hydrogen-bond acceptors (Lipinski definition) is 5. The van der Waals surface area contributed by atoms with Crippen molar-refractivity contribution in [2.45, 2.75) is 25.1 Å². The molecule has 3 N–H and O–H groups in total. The zero-order valence-corrected chi connectivity index (χ0v) is 16.4. The van der Waals surface area contributed by atoms with Gasteiger partial charge in [-0.05, 0) is 50.2 Å². The number of rotatable bonds is 8. The third-order valence-corrected chi connectivity index (χ3v) is 4.59. The maximum Gasteiger partial charge on any atom is 0.416 e. The molecular formula is C18H26ClF3N2O4. The van der Waals surface area contributed by atoms with Gasteiger partial charge in [-0.3, -0.25) is 4.79 Å². The van der Waals surface area contributed by atoms with Gasteiger partial charge in [0.2, 0.25) is 5.91 Å². The highest BCUT2D eigenvalue weighted by Gasteiger charge is 2.39. The van der Waals surface area contributed by atoms with Crippen molar-refractivity contribution in [3.63, 3.8) is 0 Å². The summed E-state index contributed by atoms with van der Waals surface area (Å²) in [6.45, 7) is 1.58. The fourth-order valence-electron chi connectivity index (χ4n) is 3.01. The first-order valence-corrected chi connectivity index (χ1v) is 8.73. The van der Waals surface area contributed by atoms with Gasteiger partial charge in [-0.25, -0.2) is 0 Å². The summed E-state index contributed by atoms with van der Waals surface area (Å²) in [4.78, 5) is 12.5. The number of carbonyl (C=O) groups excluding carboxylic acids is 1. The molecule has 1 aromatic rings. The van der Waals surface area contributed by atoms with Crippen LogP contribution in [-0.4, -0.2) is 57.1 Å². The van der Waals surface area contributed by atoms with E-state index in [1.807, 2.05) is 0 Å². The van der Waals surface area contributed by atoms with E-state index in [9.17, 15) is 23.1 Å². The second-order valence-corrected chi connectivity index (χ2v) is 6.66. The number of piperidine rings is 1. The van der Waals surface area contributed by atoms with Crippen molar-refractivity contribution < 1.29 is 32.5 Å². The molecule has 1 heterocycles. The van der Waals surface area contributed by atoms with Crippen LogP contribution < -0.4 is 15.4 Å². The normalized spacial score (nSPS) is 17.3. The van der Waals surface area contributed by atoms with Gasteiger partial charge < -0.3 is 25.2 Å². The van der Waals surface area contributed by atoms with Crippen LogP contribution in [0.3, 0.4) is 0 Å². The molecule has 0 saturated carbocycles. The zero-order valence-electron chi connectivity index (χ0n) is 15.6. The van der Waals surface area contributed by atoms with E-state index in [1.54, 1.807) is 7.11 Å². The Bertz CT molecular complexity index is 602. The van der Waals surface area contributed by atoms with E-state index in [4.69, 9.17) is 9.47 Å². The van der Waals surface area contributed by atoms with E-state index in [2.05, 4.69) is 10.6 Å². The molecule has 1 amide bonds. The SMILES string of the molecule is COCC1(C(=O)NCC(O)COc2ccc(C(F)(F)F)cc2)CCNCC1.Cl. The molecule has 0 spiro atoms. The van der Waals surface area contributed by atoms with Crippen LogP contribution in [-0.2, 0) is 15.7 Å². The molecule has 0 aromatic heterocycles. The van der Waals surface area contributed by atoms with Crippen LogP contribution in [0.25, 0.3) is 0 Å². The Labute approximate surface area is 168 Å². The number of hydrogen-bond donors (Lipinski definition) is 3. The van der Waals surface area contributed by atoms with Crippen LogP contribution >= 0.6 is 12.4 Å². The Morgan fingerprint density at radius 3 is 2.43 bits per heavy atom. The number of benzene rings is 1. The Balaban J connectivity index is 0.00000392. The third kappa shape index (κ3) is 6.80. The molecule has 0 bridgehead atoms. The summed E-state index contributed by atoms with van der Waals surface area (Å²) in [7, 11) is 1.55. The van der Waals surface area contributed by atoms with Gasteiger partial charge in [0, 0.05) is 13.7 Å². The summed E-state index contributed by atoms with van der Waals surface area (Å²) in [5.41, 5.74) is -1.39. The van der Waals surface area contributed by atoms with Crippen molar-refractivity contribution in [1.82, 2.24) is 10.6 Å². The molecule has 0 radical (unpaired) electrons. The molecule has 1 aromatic carbocycles. The fourth-order valence-corrected chi connectivity index (χ4v) is 3.01. The lowest BCUT2D eigenvalue weighted by atomic mass is 9.78. The van der Waals surface area contributed by atoms with Crippen molar-refractivity contribution in [1.29, 1.82) is 0 Å². The average Bonchev–Trinajstić information content (AvgIpc) is 2.65. The average molecular weight is 427 g/mol. The van der Waals surface area contributed by atoms with E-state index in [0.29, 0.717) is 19.4 Å². The standard InChI is InChI=1S/C18H25F3N2O4.ClH/c1-26-12-17(6-8-22-9-7-17)16(25)23-10-14(24)11-27-15-4-2-13(3-5-15)18(19,20)21;/h2-5,14,22,24H,6-12H2,1H3,(H,23,25);1H. The van der Waals surface area contributed by atoms with Crippen LogP contribution in [0.15, 0.2) is 24.3 Å². The number of aliphatic hydroxyl groups is 1. The van der Waals surface area contributed by atoms with Crippen LogP contribution in [0.5, 0.6) is 5.75 Å². The number of aliphatic hydroxyl groups excluding tert-OH is 1. The highest BCUT2D eigenvalue weighted by Crippen LogP contribution is 2.30. The van der Waals surface area contributed by atoms with Crippen LogP contribution in [0.2, 0.25) is 0 Å². The van der Waals surface area contributed by atoms with Gasteiger partial charge in [-0.1, -0.05) is 0 Å². The van der Waals surface area contributed by atoms with Gasteiger partial charge in [-0.2, -0.15) is 13.2 Å². The summed E-state index contributed by atoms with van der Waals surface area (Å²) < 4.78 is 48.0. The molecule has 2 rings (SSSR count). The molecule has 28 heavy (non-hydrogen) atoms. The van der Waals surface area contributed by atoms with E-state index < -0.39 is 23.3 Å². The smallest absolute Gasteiger partial charge is 0.416 e. The fraction of sp³-hybridized carbons (Fsp3) is 0.611. The van der Waals surface area contributed by atoms with E-state index >= 15 is 0 Å². The molecular weight excluding hydrogens is 401 g/mol. The van der Waals surface area contributed by atoms with Crippen LogP contribution in [0, 0.1) is 5.41 Å². The number of methoxy groups -OCH3 is 1. The van der Waals surface area contributed by atoms with Gasteiger partial charge in [0.25, 0.3) is 0 Å². The van der Waals surface area contributed by atoms with Crippen LogP contribution in [0.1, 0.15) is 18.4 Å². The Morgan fingerprint density at radius 1 is 1.29 bits per heavy atom. The van der Waals surface area contributed by atoms with Crippen molar-refractivity contribution in [3.05, 3.63) is 29.8 Å². The van der Waals surface area contributed by atoms with E-state index in [0.717, 1.165) is 25.2 Å². The second-order valence-electron chi connectivity index (χ2n) is 6.66. The monoisotopic (exact) mass is 426 g/mol. The Kier molecular flexibility index (Phi) is 9.49. The maximum absolute atomic E-state index is 12.5. The zero-order chi connectivity index (χ0) is 19.9. The third-order valence-electron chi connectivity index (χ3n) is 4.59. The predicted molar refractivity (Wildman–Crippen MR) is 99.6 cm³/mol. The second kappa shape index (κ2) is 10.8. The number of nitrogens with one attached hydrogen (secondary N) is 2. The lowest BCUT2D eigenvalue weighted by molar-refractivity contribution is -0.138. The molecule has 0 aliphatic carbocycles. The number of carbonyl (C=O) groups is 1. The van der Waals surface area contributed by atoms with E-state index in [1.165, 1.54) is 12.1 Å². The number of alkyl halides is 3. The van der Waals surface area contributed by atoms with Crippen molar-refractivity contribution in [2.24, 2.45) is 5.41 Å². The predicted octanol–water partition coefficient (Wildman–Crippen LogP) is 2.00. The molecule has 6 nitrogen and oxygen atoms in total. The summed E-state index contributed by atoms with van der Waals surface area (Å²) >= 11 is 0. The summed E-state index contributed by atoms with van der Waals surface area (Å²) in [5, 5.41) is 15.9. The van der Waals surface area contributed by atoms with Crippen molar-refractivity contribution >= 4 is 18.3 Å². The van der Waals surface area contributed by atoms with Crippen molar-refractivity contribution in [3.8, 4) is 5.75 Å². The Morgan fingerprint density at radius 2 is 1.89 bits per heavy atom. The van der Waals surface area contributed by atoms with Gasteiger partial charge in [0.1, 0.15) is 18.5 Å². The number of halogens is 4. The largest absolute Gasteiger partial charge is 0.491 e. The first kappa shape index (κ1) is 24.5. The summed E-state index contributed by atoms with van der Waals surface area (Å²) in [6, 6.07) is 4.21. The number of amides is 1. The lowest BCUT2D eigenvalue weighted by Crippen LogP contribution is -2.51. The first-order chi connectivity index (χ1) is 12.8. The molecule has 1 aliphatic rings. The summed E-state index contributed by atoms with van der Waals surface area (Å²) in [6.07, 6.45) is -4.11. The maximum atomic E-state index is 12.5. The minimum atomic E-state index is -4.41. The topological polar surface area (TPSA) is 79.8 Å². The van der Waals surface area contributed by atoms with Crippen molar-refractivity contribution in [2.75, 3.05) is 40.0 Å². The van der Waals surface area contributed by atoms with E-state index in [-0.39, 0.29) is 37.2 Å². The molecule has 1 aliphatic heterocycles. The molecule has 10 heteroatoms. The molecule has 1 saturated heterocycles. The first-order valence-electron chi connectivity index (χ1n) is 8.73. The van der Waals surface area contributed by atoms with Gasteiger partial charge in [0.05, 0.1) is 17.6 Å². The number of ether oxygens (including phenoxy) is 2. The minimum absolute atomic E-state index is 0. The molecule has 1 atom stereocenters. The molecule has 1 unspecified atom stereocenters. The van der Waals surface area contributed by atoms with Gasteiger partial charge >= 0.3 is 6.18 Å². The lowest BCUT2D eigenvalue weighted by Gasteiger charge is -2.35.